The number of aromatic nitrogens is 3. The SMILES string of the molecule is CC(C)(O)[C@H](F)CNC(=O)c1cnc(-c2ccc3cc(C#N)cnn23)cc1Nc1ccc(N2CCS(=O)(=O)CC2)cc1. The first kappa shape index (κ1) is 29.0. The van der Waals surface area contributed by atoms with Gasteiger partial charge in [-0.3, -0.25) is 9.78 Å². The van der Waals surface area contributed by atoms with Crippen molar-refractivity contribution in [2.24, 2.45) is 0 Å². The molecule has 3 aromatic heterocycles. The zero-order valence-electron chi connectivity index (χ0n) is 23.1. The molecule has 0 aliphatic carbocycles. The monoisotopic (exact) mass is 591 g/mol. The van der Waals surface area contributed by atoms with Crippen LogP contribution >= 0.6 is 0 Å². The van der Waals surface area contributed by atoms with Gasteiger partial charge in [0, 0.05) is 30.7 Å². The van der Waals surface area contributed by atoms with E-state index in [-0.39, 0.29) is 17.1 Å². The number of hydrogen-bond acceptors (Lipinski definition) is 9. The average Bonchev–Trinajstić information content (AvgIpc) is 3.39. The maximum atomic E-state index is 14.4. The summed E-state index contributed by atoms with van der Waals surface area (Å²) in [5, 5.41) is 29.2. The van der Waals surface area contributed by atoms with Crippen LogP contribution in [-0.2, 0) is 9.84 Å². The lowest BCUT2D eigenvalue weighted by molar-refractivity contribution is -0.00177. The number of amides is 1. The minimum atomic E-state index is -3.00. The summed E-state index contributed by atoms with van der Waals surface area (Å²) in [5.74, 6) is -0.356. The lowest BCUT2D eigenvalue weighted by atomic mass is 10.0. The van der Waals surface area contributed by atoms with Crippen molar-refractivity contribution in [3.05, 3.63) is 72.1 Å². The summed E-state index contributed by atoms with van der Waals surface area (Å²) in [6, 6.07) is 16.4. The molecule has 13 heteroatoms. The van der Waals surface area contributed by atoms with E-state index in [0.717, 1.165) is 5.69 Å². The van der Waals surface area contributed by atoms with E-state index in [2.05, 4.69) is 26.8 Å². The fourth-order valence-corrected chi connectivity index (χ4v) is 5.74. The van der Waals surface area contributed by atoms with E-state index in [1.165, 1.54) is 26.2 Å². The second-order valence-corrected chi connectivity index (χ2v) is 13.0. The van der Waals surface area contributed by atoms with E-state index < -0.39 is 34.1 Å². The van der Waals surface area contributed by atoms with Crippen LogP contribution in [0.4, 0.5) is 21.5 Å². The molecule has 0 unspecified atom stereocenters. The number of sulfone groups is 1. The standard InChI is InChI=1S/C29H30FN7O4S/c1-29(2,39)27(30)18-33-28(38)23-17-32-25(26-8-7-22-13-19(15-31)16-34-37(22)26)14-24(23)35-20-3-5-21(6-4-20)36-9-11-42(40,41)12-10-36/h3-8,13-14,16-17,27,39H,9-12,18H2,1-2H3,(H,32,35)(H,33,38)/t27-/m1/s1. The van der Waals surface area contributed by atoms with E-state index in [1.54, 1.807) is 28.8 Å². The lowest BCUT2D eigenvalue weighted by Gasteiger charge is -2.28. The van der Waals surface area contributed by atoms with Crippen molar-refractivity contribution in [2.75, 3.05) is 41.4 Å². The number of rotatable bonds is 8. The molecule has 0 bridgehead atoms. The number of aliphatic hydroxyl groups is 1. The Labute approximate surface area is 242 Å². The van der Waals surface area contributed by atoms with Gasteiger partial charge in [-0.25, -0.2) is 17.3 Å². The summed E-state index contributed by atoms with van der Waals surface area (Å²) in [7, 11) is -3.00. The molecule has 3 N–H and O–H groups in total. The summed E-state index contributed by atoms with van der Waals surface area (Å²) < 4.78 is 39.6. The van der Waals surface area contributed by atoms with Crippen LogP contribution in [0, 0.1) is 11.3 Å². The van der Waals surface area contributed by atoms with Gasteiger partial charge in [0.1, 0.15) is 12.2 Å². The summed E-state index contributed by atoms with van der Waals surface area (Å²) >= 11 is 0. The molecule has 4 aromatic rings. The Kier molecular flexibility index (Phi) is 7.85. The summed E-state index contributed by atoms with van der Waals surface area (Å²) in [4.78, 5) is 19.6. The Balaban J connectivity index is 1.44. The number of alkyl halides is 1. The maximum Gasteiger partial charge on any atom is 0.255 e. The van der Waals surface area contributed by atoms with Crippen molar-refractivity contribution in [3.63, 3.8) is 0 Å². The third-order valence-corrected chi connectivity index (χ3v) is 8.71. The third kappa shape index (κ3) is 6.35. The topological polar surface area (TPSA) is 153 Å². The Morgan fingerprint density at radius 2 is 1.86 bits per heavy atom. The summed E-state index contributed by atoms with van der Waals surface area (Å²) in [6.07, 6.45) is 1.15. The normalized spacial score (nSPS) is 15.6. The summed E-state index contributed by atoms with van der Waals surface area (Å²) in [6.45, 7) is 3.10. The number of benzene rings is 1. The fraction of sp³-hybridized carbons (Fsp3) is 0.310. The largest absolute Gasteiger partial charge is 0.387 e. The lowest BCUT2D eigenvalue weighted by Crippen LogP contribution is -2.42. The summed E-state index contributed by atoms with van der Waals surface area (Å²) in [5.41, 5.74) is 2.72. The molecular formula is C29H30FN7O4S. The molecule has 1 fully saturated rings. The van der Waals surface area contributed by atoms with Gasteiger partial charge in [0.15, 0.2) is 9.84 Å². The predicted molar refractivity (Wildman–Crippen MR) is 157 cm³/mol. The number of carbonyl (C=O) groups excluding carboxylic acids is 1. The van der Waals surface area contributed by atoms with Crippen LogP contribution in [0.3, 0.4) is 0 Å². The van der Waals surface area contributed by atoms with Crippen molar-refractivity contribution >= 4 is 38.3 Å². The Bertz CT molecular complexity index is 1760. The number of pyridine rings is 1. The molecule has 0 spiro atoms. The van der Waals surface area contributed by atoms with Crippen LogP contribution in [0.1, 0.15) is 29.8 Å². The molecule has 11 nitrogen and oxygen atoms in total. The highest BCUT2D eigenvalue weighted by Gasteiger charge is 2.27. The molecule has 5 rings (SSSR count). The van der Waals surface area contributed by atoms with Gasteiger partial charge < -0.3 is 20.6 Å². The number of hydrogen-bond donors (Lipinski definition) is 3. The van der Waals surface area contributed by atoms with E-state index in [4.69, 9.17) is 0 Å². The van der Waals surface area contributed by atoms with Crippen molar-refractivity contribution in [1.29, 1.82) is 5.26 Å². The Morgan fingerprint density at radius 1 is 1.14 bits per heavy atom. The number of nitriles is 1. The van der Waals surface area contributed by atoms with E-state index >= 15 is 0 Å². The number of fused-ring (bicyclic) bond motifs is 1. The maximum absolute atomic E-state index is 14.4. The molecule has 1 aliphatic rings. The van der Waals surface area contributed by atoms with Gasteiger partial charge in [0.05, 0.1) is 63.6 Å². The van der Waals surface area contributed by atoms with Crippen molar-refractivity contribution < 1.29 is 22.7 Å². The molecule has 4 heterocycles. The first-order chi connectivity index (χ1) is 19.9. The van der Waals surface area contributed by atoms with Gasteiger partial charge in [0.2, 0.25) is 0 Å². The number of carbonyl (C=O) groups is 1. The molecule has 218 valence electrons. The Morgan fingerprint density at radius 3 is 2.52 bits per heavy atom. The van der Waals surface area contributed by atoms with Gasteiger partial charge >= 0.3 is 0 Å². The first-order valence-electron chi connectivity index (χ1n) is 13.3. The van der Waals surface area contributed by atoms with Crippen LogP contribution in [0.15, 0.2) is 60.9 Å². The van der Waals surface area contributed by atoms with Crippen molar-refractivity contribution in [3.8, 4) is 17.5 Å². The van der Waals surface area contributed by atoms with E-state index in [9.17, 15) is 28.0 Å². The van der Waals surface area contributed by atoms with E-state index in [1.807, 2.05) is 29.2 Å². The number of nitrogens with one attached hydrogen (secondary N) is 2. The quantitative estimate of drug-likeness (QED) is 0.281. The van der Waals surface area contributed by atoms with Gasteiger partial charge in [-0.2, -0.15) is 10.4 Å². The van der Waals surface area contributed by atoms with Crippen LogP contribution in [-0.4, -0.2) is 76.9 Å². The average molecular weight is 592 g/mol. The number of nitrogens with zero attached hydrogens (tertiary/aromatic N) is 5. The smallest absolute Gasteiger partial charge is 0.255 e. The highest BCUT2D eigenvalue weighted by Crippen LogP contribution is 2.29. The zero-order valence-corrected chi connectivity index (χ0v) is 23.9. The first-order valence-corrected chi connectivity index (χ1v) is 15.1. The number of anilines is 3. The second kappa shape index (κ2) is 11.4. The highest BCUT2D eigenvalue weighted by atomic mass is 32.2. The van der Waals surface area contributed by atoms with E-state index in [0.29, 0.717) is 46.9 Å². The second-order valence-electron chi connectivity index (χ2n) is 10.7. The predicted octanol–water partition coefficient (Wildman–Crippen LogP) is 3.09. The fourth-order valence-electron chi connectivity index (χ4n) is 4.54. The molecule has 1 aromatic carbocycles. The van der Waals surface area contributed by atoms with Crippen molar-refractivity contribution in [2.45, 2.75) is 25.6 Å². The van der Waals surface area contributed by atoms with Crippen LogP contribution in [0.2, 0.25) is 0 Å². The molecule has 1 atom stereocenters. The minimum absolute atomic E-state index is 0.111. The molecule has 1 saturated heterocycles. The molecule has 42 heavy (non-hydrogen) atoms. The van der Waals surface area contributed by atoms with Gasteiger partial charge in [-0.1, -0.05) is 0 Å². The van der Waals surface area contributed by atoms with Gasteiger partial charge in [-0.15, -0.1) is 0 Å². The van der Waals surface area contributed by atoms with Crippen LogP contribution < -0.4 is 15.5 Å². The molecule has 0 saturated carbocycles. The highest BCUT2D eigenvalue weighted by molar-refractivity contribution is 7.91. The number of halogens is 1. The van der Waals surface area contributed by atoms with Gasteiger partial charge in [0.25, 0.3) is 5.91 Å². The molecule has 1 amide bonds. The Hall–Kier alpha value is -4.54. The zero-order chi connectivity index (χ0) is 30.1. The van der Waals surface area contributed by atoms with Crippen LogP contribution in [0.25, 0.3) is 16.9 Å². The van der Waals surface area contributed by atoms with Crippen molar-refractivity contribution in [1.82, 2.24) is 19.9 Å². The molecule has 0 radical (unpaired) electrons. The van der Waals surface area contributed by atoms with Crippen LogP contribution in [0.5, 0.6) is 0 Å². The minimum Gasteiger partial charge on any atom is -0.387 e. The third-order valence-electron chi connectivity index (χ3n) is 7.10. The molecular weight excluding hydrogens is 561 g/mol. The molecule has 1 aliphatic heterocycles. The van der Waals surface area contributed by atoms with Gasteiger partial charge in [-0.05, 0) is 62.4 Å².